The van der Waals surface area contributed by atoms with Crippen LogP contribution in [0.15, 0.2) is 47.0 Å². The molecule has 1 aromatic carbocycles. The summed E-state index contributed by atoms with van der Waals surface area (Å²) >= 11 is 0. The number of rotatable bonds is 3. The average molecular weight is 336 g/mol. The van der Waals surface area contributed by atoms with Gasteiger partial charge < -0.3 is 9.42 Å². The van der Waals surface area contributed by atoms with E-state index in [9.17, 15) is 4.79 Å². The molecule has 25 heavy (non-hydrogen) atoms. The number of aromatic nitrogens is 2. The van der Waals surface area contributed by atoms with Crippen LogP contribution in [0.5, 0.6) is 0 Å². The molecule has 2 aromatic heterocycles. The summed E-state index contributed by atoms with van der Waals surface area (Å²) in [5.74, 6) is 0.870. The van der Waals surface area contributed by atoms with Crippen LogP contribution in [-0.4, -0.2) is 52.0 Å². The molecule has 0 unspecified atom stereocenters. The quantitative estimate of drug-likeness (QED) is 0.735. The highest BCUT2D eigenvalue weighted by Gasteiger charge is 2.23. The van der Waals surface area contributed by atoms with Crippen molar-refractivity contribution < 1.29 is 9.32 Å². The van der Waals surface area contributed by atoms with E-state index in [1.54, 1.807) is 0 Å². The first-order valence-corrected chi connectivity index (χ1v) is 8.49. The van der Waals surface area contributed by atoms with Crippen molar-refractivity contribution in [3.05, 3.63) is 59.6 Å². The van der Waals surface area contributed by atoms with Crippen LogP contribution in [0.4, 0.5) is 0 Å². The van der Waals surface area contributed by atoms with E-state index in [0.29, 0.717) is 18.8 Å². The Bertz CT molecular complexity index is 897. The molecular weight excluding hydrogens is 316 g/mol. The minimum absolute atomic E-state index is 0.000845. The lowest BCUT2D eigenvalue weighted by Gasteiger charge is -2.34. The van der Waals surface area contributed by atoms with Gasteiger partial charge in [-0.2, -0.15) is 0 Å². The third kappa shape index (κ3) is 3.39. The largest absolute Gasteiger partial charge is 0.360 e. The Morgan fingerprint density at radius 3 is 2.68 bits per heavy atom. The monoisotopic (exact) mass is 336 g/mol. The number of aryl methyl sites for hydroxylation is 1. The molecule has 0 bridgehead atoms. The van der Waals surface area contributed by atoms with E-state index in [-0.39, 0.29) is 5.91 Å². The van der Waals surface area contributed by atoms with E-state index < -0.39 is 0 Å². The van der Waals surface area contributed by atoms with E-state index >= 15 is 0 Å². The summed E-state index contributed by atoms with van der Waals surface area (Å²) < 4.78 is 5.27. The van der Waals surface area contributed by atoms with Gasteiger partial charge in [-0.25, -0.2) is 4.98 Å². The van der Waals surface area contributed by atoms with Crippen molar-refractivity contribution in [2.24, 2.45) is 0 Å². The zero-order chi connectivity index (χ0) is 17.2. The minimum atomic E-state index is 0.000845. The van der Waals surface area contributed by atoms with Crippen LogP contribution < -0.4 is 0 Å². The second-order valence-electron chi connectivity index (χ2n) is 6.39. The molecule has 3 aromatic rings. The van der Waals surface area contributed by atoms with Crippen LogP contribution in [0.2, 0.25) is 0 Å². The Morgan fingerprint density at radius 1 is 1.12 bits per heavy atom. The highest BCUT2D eigenvalue weighted by atomic mass is 16.5. The molecule has 0 N–H and O–H groups in total. The van der Waals surface area contributed by atoms with Crippen LogP contribution >= 0.6 is 0 Å². The van der Waals surface area contributed by atoms with Gasteiger partial charge in [0.2, 0.25) is 0 Å². The number of amides is 1. The molecule has 4 rings (SSSR count). The van der Waals surface area contributed by atoms with Crippen molar-refractivity contribution >= 4 is 16.8 Å². The van der Waals surface area contributed by atoms with Crippen LogP contribution in [-0.2, 0) is 6.54 Å². The first-order valence-electron chi connectivity index (χ1n) is 8.49. The number of nitrogens with zero attached hydrogens (tertiary/aromatic N) is 4. The van der Waals surface area contributed by atoms with Gasteiger partial charge in [0.05, 0.1) is 17.8 Å². The standard InChI is InChI=1S/C19H20N4O2/c1-14-12-16(25-21-14)13-22-8-10-23(11-9-22)19(24)18-7-6-15-4-2-3-5-17(15)20-18/h2-7,12H,8-11,13H2,1H3. The Hall–Kier alpha value is -2.73. The summed E-state index contributed by atoms with van der Waals surface area (Å²) in [6.45, 7) is 5.68. The van der Waals surface area contributed by atoms with E-state index in [4.69, 9.17) is 4.52 Å². The number of benzene rings is 1. The fourth-order valence-corrected chi connectivity index (χ4v) is 3.17. The van der Waals surface area contributed by atoms with Crippen molar-refractivity contribution in [1.82, 2.24) is 19.9 Å². The molecule has 1 aliphatic rings. The molecule has 0 spiro atoms. The molecule has 0 atom stereocenters. The Balaban J connectivity index is 1.40. The van der Waals surface area contributed by atoms with Gasteiger partial charge in [0.15, 0.2) is 5.76 Å². The first kappa shape index (κ1) is 15.8. The van der Waals surface area contributed by atoms with Crippen LogP contribution in [0, 0.1) is 6.92 Å². The Labute approximate surface area is 146 Å². The summed E-state index contributed by atoms with van der Waals surface area (Å²) in [6.07, 6.45) is 0. The van der Waals surface area contributed by atoms with Crippen LogP contribution in [0.3, 0.4) is 0 Å². The van der Waals surface area contributed by atoms with Gasteiger partial charge in [0.1, 0.15) is 5.69 Å². The van der Waals surface area contributed by atoms with Gasteiger partial charge in [0, 0.05) is 37.6 Å². The lowest BCUT2D eigenvalue weighted by molar-refractivity contribution is 0.0612. The molecule has 0 saturated carbocycles. The lowest BCUT2D eigenvalue weighted by atomic mass is 10.2. The smallest absolute Gasteiger partial charge is 0.272 e. The Morgan fingerprint density at radius 2 is 1.92 bits per heavy atom. The normalized spacial score (nSPS) is 15.6. The number of carbonyl (C=O) groups is 1. The minimum Gasteiger partial charge on any atom is -0.360 e. The first-order chi connectivity index (χ1) is 12.2. The predicted molar refractivity (Wildman–Crippen MR) is 94.2 cm³/mol. The van der Waals surface area contributed by atoms with Crippen LogP contribution in [0.25, 0.3) is 10.9 Å². The zero-order valence-corrected chi connectivity index (χ0v) is 14.2. The van der Waals surface area contributed by atoms with Crippen molar-refractivity contribution in [2.45, 2.75) is 13.5 Å². The zero-order valence-electron chi connectivity index (χ0n) is 14.2. The summed E-state index contributed by atoms with van der Waals surface area (Å²) in [7, 11) is 0. The third-order valence-corrected chi connectivity index (χ3v) is 4.53. The molecule has 1 fully saturated rings. The van der Waals surface area contributed by atoms with Gasteiger partial charge in [-0.15, -0.1) is 0 Å². The molecule has 128 valence electrons. The maximum atomic E-state index is 12.7. The van der Waals surface area contributed by atoms with E-state index in [1.807, 2.05) is 54.3 Å². The highest BCUT2D eigenvalue weighted by Crippen LogP contribution is 2.15. The molecular formula is C19H20N4O2. The SMILES string of the molecule is Cc1cc(CN2CCN(C(=O)c3ccc4ccccc4n3)CC2)on1. The van der Waals surface area contributed by atoms with Crippen LogP contribution in [0.1, 0.15) is 21.9 Å². The number of hydrogen-bond donors (Lipinski definition) is 0. The number of carbonyl (C=O) groups excluding carboxylic acids is 1. The summed E-state index contributed by atoms with van der Waals surface area (Å²) in [5.41, 5.74) is 2.26. The molecule has 0 aliphatic carbocycles. The molecule has 6 heteroatoms. The van der Waals surface area contributed by atoms with Gasteiger partial charge >= 0.3 is 0 Å². The van der Waals surface area contributed by atoms with Crippen molar-refractivity contribution in [3.63, 3.8) is 0 Å². The fraction of sp³-hybridized carbons (Fsp3) is 0.316. The van der Waals surface area contributed by atoms with E-state index in [0.717, 1.165) is 42.0 Å². The van der Waals surface area contributed by atoms with Gasteiger partial charge in [-0.05, 0) is 19.1 Å². The summed E-state index contributed by atoms with van der Waals surface area (Å²) in [4.78, 5) is 21.4. The number of piperazine rings is 1. The maximum absolute atomic E-state index is 12.7. The highest BCUT2D eigenvalue weighted by molar-refractivity contribution is 5.95. The number of pyridine rings is 1. The topological polar surface area (TPSA) is 62.5 Å². The number of para-hydroxylation sites is 1. The summed E-state index contributed by atoms with van der Waals surface area (Å²) in [6, 6.07) is 13.6. The molecule has 0 radical (unpaired) electrons. The van der Waals surface area contributed by atoms with Gasteiger partial charge in [-0.1, -0.05) is 29.4 Å². The fourth-order valence-electron chi connectivity index (χ4n) is 3.17. The third-order valence-electron chi connectivity index (χ3n) is 4.53. The van der Waals surface area contributed by atoms with E-state index in [2.05, 4.69) is 15.0 Å². The number of fused-ring (bicyclic) bond motifs is 1. The van der Waals surface area contributed by atoms with E-state index in [1.165, 1.54) is 0 Å². The van der Waals surface area contributed by atoms with Crippen molar-refractivity contribution in [2.75, 3.05) is 26.2 Å². The average Bonchev–Trinajstić information content (AvgIpc) is 3.06. The molecule has 1 amide bonds. The maximum Gasteiger partial charge on any atom is 0.272 e. The molecule has 1 saturated heterocycles. The summed E-state index contributed by atoms with van der Waals surface area (Å²) in [5, 5.41) is 4.96. The molecule has 1 aliphatic heterocycles. The Kier molecular flexibility index (Phi) is 4.19. The second-order valence-corrected chi connectivity index (χ2v) is 6.39. The van der Waals surface area contributed by atoms with Gasteiger partial charge in [-0.3, -0.25) is 9.69 Å². The van der Waals surface area contributed by atoms with Crippen molar-refractivity contribution in [3.8, 4) is 0 Å². The molecule has 6 nitrogen and oxygen atoms in total. The van der Waals surface area contributed by atoms with Crippen molar-refractivity contribution in [1.29, 1.82) is 0 Å². The number of hydrogen-bond acceptors (Lipinski definition) is 5. The lowest BCUT2D eigenvalue weighted by Crippen LogP contribution is -2.48. The second kappa shape index (κ2) is 6.64. The predicted octanol–water partition coefficient (Wildman–Crippen LogP) is 2.49. The molecule has 3 heterocycles. The van der Waals surface area contributed by atoms with Gasteiger partial charge in [0.25, 0.3) is 5.91 Å².